The molecule has 0 radical (unpaired) electrons. The van der Waals surface area contributed by atoms with Crippen LogP contribution in [0.2, 0.25) is 5.02 Å². The van der Waals surface area contributed by atoms with Crippen molar-refractivity contribution in [3.05, 3.63) is 35.1 Å². The van der Waals surface area contributed by atoms with Crippen molar-refractivity contribution in [2.45, 2.75) is 31.7 Å². The van der Waals surface area contributed by atoms with Crippen molar-refractivity contribution in [1.29, 1.82) is 0 Å². The van der Waals surface area contributed by atoms with Gasteiger partial charge in [0.1, 0.15) is 17.9 Å². The molecule has 0 bridgehead atoms. The van der Waals surface area contributed by atoms with Gasteiger partial charge in [0.2, 0.25) is 0 Å². The molecule has 2 saturated heterocycles. The van der Waals surface area contributed by atoms with Gasteiger partial charge in [-0.3, -0.25) is 0 Å². The van der Waals surface area contributed by atoms with E-state index in [0.717, 1.165) is 50.3 Å². The number of ether oxygens (including phenoxy) is 1. The van der Waals surface area contributed by atoms with Crippen LogP contribution in [-0.2, 0) is 0 Å². The number of likely N-dealkylation sites (tertiary alicyclic amines) is 1. The second-order valence-corrected chi connectivity index (χ2v) is 12.6. The van der Waals surface area contributed by atoms with Gasteiger partial charge in [-0.25, -0.2) is 9.37 Å². The van der Waals surface area contributed by atoms with Gasteiger partial charge in [0.25, 0.3) is 0 Å². The molecule has 1 saturated carbocycles. The highest BCUT2D eigenvalue weighted by atomic mass is 35.5. The molecule has 11 heteroatoms. The number of hydrogen-bond donors (Lipinski definition) is 2. The molecule has 1 aliphatic carbocycles. The van der Waals surface area contributed by atoms with E-state index < -0.39 is 5.82 Å². The quantitative estimate of drug-likeness (QED) is 0.350. The summed E-state index contributed by atoms with van der Waals surface area (Å²) in [5.74, 6) is 0.172. The molecule has 3 aliphatic rings. The maximum absolute atomic E-state index is 16.6. The molecule has 4 heterocycles. The second-order valence-electron chi connectivity index (χ2n) is 11.2. The highest BCUT2D eigenvalue weighted by molar-refractivity contribution is 7.22. The molecule has 3 fully saturated rings. The lowest BCUT2D eigenvalue weighted by Crippen LogP contribution is -2.33. The lowest BCUT2D eigenvalue weighted by Gasteiger charge is -2.27. The van der Waals surface area contributed by atoms with Crippen LogP contribution in [0.25, 0.3) is 32.2 Å². The largest absolute Gasteiger partial charge is 0.462 e. The Morgan fingerprint density at radius 2 is 2.10 bits per heavy atom. The number of anilines is 2. The number of nitrogen functional groups attached to an aromatic ring is 1. The van der Waals surface area contributed by atoms with Crippen molar-refractivity contribution in [1.82, 2.24) is 25.2 Å². The first-order valence-corrected chi connectivity index (χ1v) is 14.7. The predicted molar refractivity (Wildman–Crippen MR) is 155 cm³/mol. The van der Waals surface area contributed by atoms with E-state index in [1.54, 1.807) is 6.07 Å². The van der Waals surface area contributed by atoms with Crippen LogP contribution in [0.1, 0.15) is 25.7 Å². The average Bonchev–Trinajstić information content (AvgIpc) is 3.47. The Morgan fingerprint density at radius 1 is 1.23 bits per heavy atom. The number of fused-ring (bicyclic) bond motifs is 2. The Morgan fingerprint density at radius 3 is 2.90 bits per heavy atom. The smallest absolute Gasteiger partial charge is 0.319 e. The Hall–Kier alpha value is -2.79. The first-order chi connectivity index (χ1) is 18.9. The molecule has 39 heavy (non-hydrogen) atoms. The maximum Gasteiger partial charge on any atom is 0.319 e. The summed E-state index contributed by atoms with van der Waals surface area (Å²) >= 11 is 8.21. The minimum Gasteiger partial charge on any atom is -0.462 e. The van der Waals surface area contributed by atoms with Crippen LogP contribution in [0, 0.1) is 11.2 Å². The van der Waals surface area contributed by atoms with Gasteiger partial charge in [-0.1, -0.05) is 35.1 Å². The fraction of sp³-hybridized carbons (Fsp3) is 0.464. The SMILES string of the molecule is CN1CCC[C@H]1COc1nc(N2CCNCC3(CC3)C2)c2cc(Cl)c(-c3cccc4sc(N)nc34)c(F)c2n1. The highest BCUT2D eigenvalue weighted by Crippen LogP contribution is 2.48. The number of nitrogens with two attached hydrogens (primary N) is 1. The average molecular weight is 568 g/mol. The second kappa shape index (κ2) is 9.69. The molecule has 3 N–H and O–H groups in total. The van der Waals surface area contributed by atoms with E-state index in [4.69, 9.17) is 27.1 Å². The van der Waals surface area contributed by atoms with E-state index in [2.05, 4.69) is 32.1 Å². The molecule has 2 aromatic heterocycles. The molecule has 0 amide bonds. The van der Waals surface area contributed by atoms with Crippen molar-refractivity contribution < 1.29 is 9.13 Å². The number of halogens is 2. The number of rotatable bonds is 5. The summed E-state index contributed by atoms with van der Waals surface area (Å²) in [6.45, 7) is 4.95. The molecular weight excluding hydrogens is 537 g/mol. The van der Waals surface area contributed by atoms with Crippen LogP contribution in [-0.4, -0.2) is 72.3 Å². The lowest BCUT2D eigenvalue weighted by atomic mass is 10.0. The number of para-hydroxylation sites is 1. The topological polar surface area (TPSA) is 92.4 Å². The van der Waals surface area contributed by atoms with Gasteiger partial charge in [-0.15, -0.1) is 0 Å². The van der Waals surface area contributed by atoms with Gasteiger partial charge in [-0.05, 0) is 51.4 Å². The molecule has 1 atom stereocenters. The number of nitrogens with zero attached hydrogens (tertiary/aromatic N) is 5. The van der Waals surface area contributed by atoms with E-state index in [9.17, 15) is 0 Å². The van der Waals surface area contributed by atoms with Gasteiger partial charge in [-0.2, -0.15) is 9.97 Å². The Bertz CT molecular complexity index is 1580. The van der Waals surface area contributed by atoms with Crippen molar-refractivity contribution in [2.75, 3.05) is 57.0 Å². The van der Waals surface area contributed by atoms with Gasteiger partial charge >= 0.3 is 6.01 Å². The third kappa shape index (κ3) is 4.57. The van der Waals surface area contributed by atoms with Gasteiger partial charge < -0.3 is 25.6 Å². The van der Waals surface area contributed by atoms with E-state index in [1.807, 2.05) is 18.2 Å². The Labute approximate surface area is 235 Å². The van der Waals surface area contributed by atoms with Crippen LogP contribution in [0.5, 0.6) is 6.01 Å². The molecule has 7 rings (SSSR count). The minimum atomic E-state index is -0.503. The Balaban J connectivity index is 1.38. The van der Waals surface area contributed by atoms with Crippen molar-refractivity contribution in [3.8, 4) is 17.1 Å². The number of likely N-dealkylation sites (N-methyl/N-ethyl adjacent to an activating group) is 1. The Kier molecular flexibility index (Phi) is 6.26. The molecule has 4 aromatic rings. The molecule has 2 aliphatic heterocycles. The van der Waals surface area contributed by atoms with Crippen molar-refractivity contribution in [2.24, 2.45) is 5.41 Å². The van der Waals surface area contributed by atoms with Crippen molar-refractivity contribution in [3.63, 3.8) is 0 Å². The third-order valence-corrected chi connectivity index (χ3v) is 9.61. The number of nitrogens with one attached hydrogen (secondary N) is 1. The van der Waals surface area contributed by atoms with Gasteiger partial charge in [0.15, 0.2) is 10.9 Å². The number of hydrogen-bond acceptors (Lipinski definition) is 9. The van der Waals surface area contributed by atoms with Crippen LogP contribution in [0.4, 0.5) is 15.3 Å². The summed E-state index contributed by atoms with van der Waals surface area (Å²) in [6.07, 6.45) is 4.56. The summed E-state index contributed by atoms with van der Waals surface area (Å²) in [4.78, 5) is 18.5. The first kappa shape index (κ1) is 25.2. The number of thiazole rings is 1. The third-order valence-electron chi connectivity index (χ3n) is 8.46. The first-order valence-electron chi connectivity index (χ1n) is 13.5. The van der Waals surface area contributed by atoms with Crippen LogP contribution < -0.4 is 20.7 Å². The van der Waals surface area contributed by atoms with E-state index in [0.29, 0.717) is 45.1 Å². The normalized spacial score (nSPS) is 21.2. The number of benzene rings is 2. The van der Waals surface area contributed by atoms with Gasteiger partial charge in [0.05, 0.1) is 15.2 Å². The zero-order valence-electron chi connectivity index (χ0n) is 21.8. The van der Waals surface area contributed by atoms with E-state index >= 15 is 4.39 Å². The monoisotopic (exact) mass is 567 g/mol. The molecule has 2 aromatic carbocycles. The fourth-order valence-corrected chi connectivity index (χ4v) is 7.10. The summed E-state index contributed by atoms with van der Waals surface area (Å²) < 4.78 is 23.6. The zero-order valence-corrected chi connectivity index (χ0v) is 23.4. The molecular formula is C28H31ClFN7OS. The maximum atomic E-state index is 16.6. The molecule has 8 nitrogen and oxygen atoms in total. The van der Waals surface area contributed by atoms with E-state index in [-0.39, 0.29) is 22.5 Å². The van der Waals surface area contributed by atoms with Crippen LogP contribution in [0.3, 0.4) is 0 Å². The minimum absolute atomic E-state index is 0.197. The predicted octanol–water partition coefficient (Wildman–Crippen LogP) is 4.94. The highest BCUT2D eigenvalue weighted by Gasteiger charge is 2.45. The molecule has 204 valence electrons. The summed E-state index contributed by atoms with van der Waals surface area (Å²) in [6, 6.07) is 7.90. The summed E-state index contributed by atoms with van der Waals surface area (Å²) in [5.41, 5.74) is 7.92. The summed E-state index contributed by atoms with van der Waals surface area (Å²) in [7, 11) is 2.10. The van der Waals surface area contributed by atoms with Crippen LogP contribution >= 0.6 is 22.9 Å². The van der Waals surface area contributed by atoms with E-state index in [1.165, 1.54) is 24.2 Å². The lowest BCUT2D eigenvalue weighted by molar-refractivity contribution is 0.188. The van der Waals surface area contributed by atoms with Gasteiger partial charge in [0, 0.05) is 54.1 Å². The zero-order chi connectivity index (χ0) is 26.7. The standard InChI is InChI=1S/C28H31ClFN7OS/c1-36-10-3-4-16(36)13-38-27-34-24-18(25(35-27)37-11-9-32-14-28(15-37)7-8-28)12-19(29)21(22(24)30)17-5-2-6-20-23(17)33-26(31)39-20/h2,5-6,12,16,32H,3-4,7-11,13-15H2,1H3,(H2,31,33)/t16-/m0/s1. The van der Waals surface area contributed by atoms with Crippen LogP contribution in [0.15, 0.2) is 24.3 Å². The number of aromatic nitrogens is 3. The molecule has 1 spiro atoms. The summed E-state index contributed by atoms with van der Waals surface area (Å²) in [5, 5.41) is 4.87. The van der Waals surface area contributed by atoms with Crippen molar-refractivity contribution >= 4 is 55.0 Å². The molecule has 0 unspecified atom stereocenters. The fourth-order valence-electron chi connectivity index (χ4n) is 6.04.